The predicted octanol–water partition coefficient (Wildman–Crippen LogP) is 5.70. The van der Waals surface area contributed by atoms with E-state index in [1.54, 1.807) is 6.07 Å². The summed E-state index contributed by atoms with van der Waals surface area (Å²) in [4.78, 5) is 0. The monoisotopic (exact) mass is 300 g/mol. The zero-order chi connectivity index (χ0) is 14.8. The fraction of sp³-hybridized carbons (Fsp3) is 0.111. The van der Waals surface area contributed by atoms with Gasteiger partial charge in [-0.15, -0.1) is 0 Å². The molecule has 0 N–H and O–H groups in total. The Labute approximate surface area is 127 Å². The van der Waals surface area contributed by atoms with Crippen LogP contribution in [0.4, 0.5) is 4.39 Å². The van der Waals surface area contributed by atoms with Gasteiger partial charge in [0.25, 0.3) is 0 Å². The van der Waals surface area contributed by atoms with Gasteiger partial charge in [0.2, 0.25) is 0 Å². The van der Waals surface area contributed by atoms with Crippen molar-refractivity contribution in [3.8, 4) is 16.9 Å². The average Bonchev–Trinajstić information content (AvgIpc) is 2.50. The van der Waals surface area contributed by atoms with Crippen molar-refractivity contribution in [2.75, 3.05) is 6.61 Å². The van der Waals surface area contributed by atoms with Gasteiger partial charge in [-0.25, -0.2) is 4.39 Å². The fourth-order valence-corrected chi connectivity index (χ4v) is 2.45. The molecule has 0 aliphatic carbocycles. The van der Waals surface area contributed by atoms with E-state index in [1.807, 2.05) is 49.4 Å². The number of halogens is 2. The minimum absolute atomic E-state index is 0.137. The van der Waals surface area contributed by atoms with E-state index in [4.69, 9.17) is 16.3 Å². The van der Waals surface area contributed by atoms with Crippen molar-refractivity contribution in [1.82, 2.24) is 0 Å². The Kier molecular flexibility index (Phi) is 3.80. The molecule has 0 heterocycles. The number of rotatable bonds is 3. The molecule has 1 nitrogen and oxygen atoms in total. The molecule has 3 aromatic rings. The Morgan fingerprint density at radius 3 is 2.38 bits per heavy atom. The van der Waals surface area contributed by atoms with E-state index >= 15 is 0 Å². The lowest BCUT2D eigenvalue weighted by Crippen LogP contribution is -1.90. The molecule has 106 valence electrons. The van der Waals surface area contributed by atoms with Crippen LogP contribution in [0.3, 0.4) is 0 Å². The SMILES string of the molecule is CCOc1ccc2ccc(-c3ccc(Cl)c(F)c3)cc2c1. The van der Waals surface area contributed by atoms with Crippen molar-refractivity contribution in [3.63, 3.8) is 0 Å². The maximum Gasteiger partial charge on any atom is 0.142 e. The standard InChI is InChI=1S/C18H14ClFO/c1-2-21-16-7-5-12-3-4-13(9-15(12)10-16)14-6-8-17(19)18(20)11-14/h3-11H,2H2,1H3. The van der Waals surface area contributed by atoms with Gasteiger partial charge in [-0.1, -0.05) is 35.9 Å². The molecular weight excluding hydrogens is 287 g/mol. The molecule has 0 radical (unpaired) electrons. The van der Waals surface area contributed by atoms with Crippen LogP contribution in [0.2, 0.25) is 5.02 Å². The van der Waals surface area contributed by atoms with Crippen molar-refractivity contribution in [1.29, 1.82) is 0 Å². The van der Waals surface area contributed by atoms with E-state index < -0.39 is 5.82 Å². The molecule has 21 heavy (non-hydrogen) atoms. The molecular formula is C18H14ClFO. The summed E-state index contributed by atoms with van der Waals surface area (Å²) in [5.74, 6) is 0.432. The number of hydrogen-bond donors (Lipinski definition) is 0. The Balaban J connectivity index is 2.08. The van der Waals surface area contributed by atoms with Crippen molar-refractivity contribution >= 4 is 22.4 Å². The second-order valence-electron chi connectivity index (χ2n) is 4.79. The zero-order valence-corrected chi connectivity index (χ0v) is 12.3. The van der Waals surface area contributed by atoms with Gasteiger partial charge in [0.05, 0.1) is 11.6 Å². The zero-order valence-electron chi connectivity index (χ0n) is 11.6. The van der Waals surface area contributed by atoms with E-state index in [-0.39, 0.29) is 5.02 Å². The smallest absolute Gasteiger partial charge is 0.142 e. The van der Waals surface area contributed by atoms with Crippen LogP contribution >= 0.6 is 11.6 Å². The lowest BCUT2D eigenvalue weighted by molar-refractivity contribution is 0.341. The maximum absolute atomic E-state index is 13.6. The maximum atomic E-state index is 13.6. The quantitative estimate of drug-likeness (QED) is 0.603. The highest BCUT2D eigenvalue weighted by atomic mass is 35.5. The van der Waals surface area contributed by atoms with Gasteiger partial charge in [-0.05, 0) is 59.2 Å². The summed E-state index contributed by atoms with van der Waals surface area (Å²) < 4.78 is 19.1. The number of ether oxygens (including phenoxy) is 1. The molecule has 0 bridgehead atoms. The third kappa shape index (κ3) is 2.86. The van der Waals surface area contributed by atoms with Crippen LogP contribution in [0.25, 0.3) is 21.9 Å². The molecule has 0 fully saturated rings. The Morgan fingerprint density at radius 1 is 0.905 bits per heavy atom. The summed E-state index contributed by atoms with van der Waals surface area (Å²) in [6.45, 7) is 2.59. The van der Waals surface area contributed by atoms with Crippen LogP contribution in [0.5, 0.6) is 5.75 Å². The van der Waals surface area contributed by atoms with Crippen LogP contribution in [0, 0.1) is 5.82 Å². The van der Waals surface area contributed by atoms with Crippen LogP contribution in [0.15, 0.2) is 54.6 Å². The van der Waals surface area contributed by atoms with Gasteiger partial charge in [0.15, 0.2) is 0 Å². The molecule has 3 aromatic carbocycles. The topological polar surface area (TPSA) is 9.23 Å². The van der Waals surface area contributed by atoms with Gasteiger partial charge in [-0.3, -0.25) is 0 Å². The van der Waals surface area contributed by atoms with Crippen molar-refractivity contribution in [2.24, 2.45) is 0 Å². The molecule has 0 spiro atoms. The van der Waals surface area contributed by atoms with E-state index in [1.165, 1.54) is 6.07 Å². The second-order valence-corrected chi connectivity index (χ2v) is 5.19. The lowest BCUT2D eigenvalue weighted by atomic mass is 10.0. The molecule has 0 aliphatic heterocycles. The first-order chi connectivity index (χ1) is 10.2. The molecule has 3 rings (SSSR count). The molecule has 3 heteroatoms. The second kappa shape index (κ2) is 5.74. The molecule has 0 aliphatic rings. The molecule has 0 saturated carbocycles. The summed E-state index contributed by atoms with van der Waals surface area (Å²) in [5.41, 5.74) is 1.76. The summed E-state index contributed by atoms with van der Waals surface area (Å²) in [6.07, 6.45) is 0. The number of hydrogen-bond acceptors (Lipinski definition) is 1. The largest absolute Gasteiger partial charge is 0.494 e. The number of benzene rings is 3. The fourth-order valence-electron chi connectivity index (χ4n) is 2.34. The first kappa shape index (κ1) is 13.9. The van der Waals surface area contributed by atoms with E-state index in [2.05, 4.69) is 0 Å². The summed E-state index contributed by atoms with van der Waals surface area (Å²) >= 11 is 5.73. The lowest BCUT2D eigenvalue weighted by Gasteiger charge is -2.07. The van der Waals surface area contributed by atoms with E-state index in [9.17, 15) is 4.39 Å². The normalized spacial score (nSPS) is 10.8. The highest BCUT2D eigenvalue weighted by Gasteiger charge is 2.05. The molecule has 0 unspecified atom stereocenters. The molecule has 0 amide bonds. The third-order valence-corrected chi connectivity index (χ3v) is 3.68. The summed E-state index contributed by atoms with van der Waals surface area (Å²) in [6, 6.07) is 16.8. The minimum atomic E-state index is -0.405. The summed E-state index contributed by atoms with van der Waals surface area (Å²) in [5, 5.41) is 2.32. The minimum Gasteiger partial charge on any atom is -0.494 e. The molecule has 0 atom stereocenters. The van der Waals surface area contributed by atoms with E-state index in [0.29, 0.717) is 6.61 Å². The Bertz CT molecular complexity index is 798. The van der Waals surface area contributed by atoms with Crippen LogP contribution in [-0.4, -0.2) is 6.61 Å². The average molecular weight is 301 g/mol. The van der Waals surface area contributed by atoms with Crippen LogP contribution in [0.1, 0.15) is 6.92 Å². The van der Waals surface area contributed by atoms with E-state index in [0.717, 1.165) is 27.6 Å². The third-order valence-electron chi connectivity index (χ3n) is 3.38. The van der Waals surface area contributed by atoms with Gasteiger partial charge in [0, 0.05) is 0 Å². The Hall–Kier alpha value is -2.06. The van der Waals surface area contributed by atoms with Crippen molar-refractivity contribution in [3.05, 3.63) is 65.4 Å². The number of fused-ring (bicyclic) bond motifs is 1. The van der Waals surface area contributed by atoms with Gasteiger partial charge in [-0.2, -0.15) is 0 Å². The van der Waals surface area contributed by atoms with Crippen molar-refractivity contribution < 1.29 is 9.13 Å². The first-order valence-corrected chi connectivity index (χ1v) is 7.17. The Morgan fingerprint density at radius 2 is 1.62 bits per heavy atom. The van der Waals surface area contributed by atoms with Gasteiger partial charge in [0.1, 0.15) is 11.6 Å². The molecule has 0 saturated heterocycles. The highest BCUT2D eigenvalue weighted by Crippen LogP contribution is 2.29. The summed E-state index contributed by atoms with van der Waals surface area (Å²) in [7, 11) is 0. The molecule has 0 aromatic heterocycles. The first-order valence-electron chi connectivity index (χ1n) is 6.79. The predicted molar refractivity (Wildman–Crippen MR) is 85.5 cm³/mol. The van der Waals surface area contributed by atoms with Gasteiger partial charge < -0.3 is 4.74 Å². The van der Waals surface area contributed by atoms with Crippen LogP contribution < -0.4 is 4.74 Å². The van der Waals surface area contributed by atoms with Gasteiger partial charge >= 0.3 is 0 Å². The highest BCUT2D eigenvalue weighted by molar-refractivity contribution is 6.30. The van der Waals surface area contributed by atoms with Crippen LogP contribution in [-0.2, 0) is 0 Å². The van der Waals surface area contributed by atoms with Crippen molar-refractivity contribution in [2.45, 2.75) is 6.92 Å².